The van der Waals surface area contributed by atoms with Gasteiger partial charge in [0.2, 0.25) is 0 Å². The molecule has 9 nitrogen and oxygen atoms in total. The van der Waals surface area contributed by atoms with Crippen LogP contribution in [0.3, 0.4) is 0 Å². The van der Waals surface area contributed by atoms with Crippen molar-refractivity contribution in [3.05, 3.63) is 65.5 Å². The number of carbonyl (C=O) groups is 1. The van der Waals surface area contributed by atoms with Crippen LogP contribution in [0, 0.1) is 0 Å². The van der Waals surface area contributed by atoms with Crippen LogP contribution in [0.5, 0.6) is 17.2 Å². The molecule has 3 rings (SSSR count). The summed E-state index contributed by atoms with van der Waals surface area (Å²) in [6.45, 7) is 3.17. The van der Waals surface area contributed by atoms with Crippen molar-refractivity contribution in [2.24, 2.45) is 0 Å². The molecule has 0 radical (unpaired) electrons. The fourth-order valence-electron chi connectivity index (χ4n) is 2.73. The van der Waals surface area contributed by atoms with Crippen LogP contribution in [0.1, 0.15) is 28.7 Å². The van der Waals surface area contributed by atoms with E-state index in [4.69, 9.17) is 19.3 Å². The number of carboxylic acids is 1. The van der Waals surface area contributed by atoms with E-state index in [1.54, 1.807) is 7.11 Å². The van der Waals surface area contributed by atoms with E-state index in [1.165, 1.54) is 4.68 Å². The number of aromatic nitrogens is 4. The molecule has 1 heterocycles. The predicted molar refractivity (Wildman–Crippen MR) is 109 cm³/mol. The third kappa shape index (κ3) is 5.34. The molecule has 0 fully saturated rings. The molecular formula is C21H22N4O5. The first-order valence-corrected chi connectivity index (χ1v) is 9.29. The van der Waals surface area contributed by atoms with Gasteiger partial charge in [-0.15, -0.1) is 5.10 Å². The van der Waals surface area contributed by atoms with Crippen molar-refractivity contribution in [3.63, 3.8) is 0 Å². The van der Waals surface area contributed by atoms with Gasteiger partial charge >= 0.3 is 5.97 Å². The van der Waals surface area contributed by atoms with Gasteiger partial charge in [0, 0.05) is 11.6 Å². The maximum absolute atomic E-state index is 11.1. The molecule has 0 bridgehead atoms. The molecule has 3 aromatic rings. The molecule has 0 aliphatic rings. The molecular weight excluding hydrogens is 388 g/mol. The highest BCUT2D eigenvalue weighted by Crippen LogP contribution is 2.26. The van der Waals surface area contributed by atoms with Crippen molar-refractivity contribution in [2.45, 2.75) is 13.5 Å². The van der Waals surface area contributed by atoms with E-state index in [9.17, 15) is 4.79 Å². The van der Waals surface area contributed by atoms with Crippen LogP contribution in [-0.2, 0) is 6.54 Å². The van der Waals surface area contributed by atoms with Gasteiger partial charge in [-0.05, 0) is 53.3 Å². The molecule has 0 unspecified atom stereocenters. The normalized spacial score (nSPS) is 10.9. The zero-order chi connectivity index (χ0) is 21.3. The number of methoxy groups -OCH3 is 1. The van der Waals surface area contributed by atoms with Crippen LogP contribution in [0.4, 0.5) is 0 Å². The Morgan fingerprint density at radius 1 is 1.13 bits per heavy atom. The van der Waals surface area contributed by atoms with Gasteiger partial charge in [0.1, 0.15) is 23.9 Å². The molecule has 156 valence electrons. The Bertz CT molecular complexity index is 1010. The van der Waals surface area contributed by atoms with E-state index in [2.05, 4.69) is 15.5 Å². The lowest BCUT2D eigenvalue weighted by molar-refractivity contribution is 0.0677. The molecule has 1 N–H and O–H groups in total. The van der Waals surface area contributed by atoms with Gasteiger partial charge in [-0.3, -0.25) is 0 Å². The molecule has 30 heavy (non-hydrogen) atoms. The lowest BCUT2D eigenvalue weighted by Gasteiger charge is -2.09. The minimum absolute atomic E-state index is 0.204. The topological polar surface area (TPSA) is 109 Å². The van der Waals surface area contributed by atoms with E-state index >= 15 is 0 Å². The summed E-state index contributed by atoms with van der Waals surface area (Å²) in [5.74, 6) is 0.809. The van der Waals surface area contributed by atoms with E-state index in [1.807, 2.05) is 61.5 Å². The van der Waals surface area contributed by atoms with Crippen molar-refractivity contribution in [2.75, 3.05) is 20.3 Å². The number of hydrogen-bond donors (Lipinski definition) is 1. The molecule has 0 saturated heterocycles. The molecule has 0 amide bonds. The molecule has 0 spiro atoms. The average molecular weight is 410 g/mol. The number of benzene rings is 2. The third-order valence-corrected chi connectivity index (χ3v) is 4.14. The molecule has 1 aromatic heterocycles. The molecule has 2 aromatic carbocycles. The highest BCUT2D eigenvalue weighted by atomic mass is 16.5. The molecule has 0 aliphatic carbocycles. The summed E-state index contributed by atoms with van der Waals surface area (Å²) in [5.41, 5.74) is 1.78. The first kappa shape index (κ1) is 20.8. The summed E-state index contributed by atoms with van der Waals surface area (Å²) < 4.78 is 17.8. The van der Waals surface area contributed by atoms with Gasteiger partial charge in [0.25, 0.3) is 5.82 Å². The van der Waals surface area contributed by atoms with Crippen molar-refractivity contribution < 1.29 is 24.1 Å². The van der Waals surface area contributed by atoms with Crippen LogP contribution in [0.25, 0.3) is 6.08 Å². The molecule has 0 aliphatic heterocycles. The Morgan fingerprint density at radius 3 is 2.60 bits per heavy atom. The van der Waals surface area contributed by atoms with Crippen molar-refractivity contribution in [1.29, 1.82) is 0 Å². The number of hydrogen-bond acceptors (Lipinski definition) is 7. The summed E-state index contributed by atoms with van der Waals surface area (Å²) in [5, 5.41) is 19.6. The van der Waals surface area contributed by atoms with Crippen molar-refractivity contribution >= 4 is 12.0 Å². The quantitative estimate of drug-likeness (QED) is 0.543. The van der Waals surface area contributed by atoms with E-state index in [0.717, 1.165) is 22.6 Å². The first-order valence-electron chi connectivity index (χ1n) is 9.29. The Morgan fingerprint density at radius 2 is 1.90 bits per heavy atom. The molecule has 9 heteroatoms. The minimum atomic E-state index is -1.17. The average Bonchev–Trinajstić information content (AvgIpc) is 3.21. The second-order valence-corrected chi connectivity index (χ2v) is 6.16. The fourth-order valence-corrected chi connectivity index (χ4v) is 2.73. The van der Waals surface area contributed by atoms with Gasteiger partial charge in [-0.25, -0.2) is 9.48 Å². The monoisotopic (exact) mass is 410 g/mol. The van der Waals surface area contributed by atoms with E-state index < -0.39 is 5.97 Å². The van der Waals surface area contributed by atoms with Crippen LogP contribution >= 0.6 is 0 Å². The first-order chi connectivity index (χ1) is 14.6. The summed E-state index contributed by atoms with van der Waals surface area (Å²) in [6, 6.07) is 13.0. The van der Waals surface area contributed by atoms with Gasteiger partial charge < -0.3 is 19.3 Å². The van der Waals surface area contributed by atoms with Crippen molar-refractivity contribution in [3.8, 4) is 17.2 Å². The summed E-state index contributed by atoms with van der Waals surface area (Å²) in [4.78, 5) is 11.1. The Balaban J connectivity index is 1.55. The third-order valence-electron chi connectivity index (χ3n) is 4.14. The van der Waals surface area contributed by atoms with Crippen LogP contribution in [0.15, 0.2) is 48.5 Å². The van der Waals surface area contributed by atoms with E-state index in [0.29, 0.717) is 19.0 Å². The SMILES string of the molecule is CCOc1ccc(/C=C/COc2ccc(Cn3nnnc3C(=O)O)cc2)c(OC)c1. The zero-order valence-electron chi connectivity index (χ0n) is 16.7. The smallest absolute Gasteiger partial charge is 0.375 e. The maximum atomic E-state index is 11.1. The number of aromatic carboxylic acids is 1. The zero-order valence-corrected chi connectivity index (χ0v) is 16.7. The van der Waals surface area contributed by atoms with Gasteiger partial charge in [0.05, 0.1) is 20.3 Å². The van der Waals surface area contributed by atoms with Crippen molar-refractivity contribution in [1.82, 2.24) is 20.2 Å². The number of rotatable bonds is 10. The summed E-state index contributed by atoms with van der Waals surface area (Å²) in [6.07, 6.45) is 3.82. The van der Waals surface area contributed by atoms with Gasteiger partial charge in [-0.1, -0.05) is 18.2 Å². The number of tetrazole rings is 1. The van der Waals surface area contributed by atoms with Crippen LogP contribution in [0.2, 0.25) is 0 Å². The molecule has 0 saturated carbocycles. The Labute approximate surface area is 173 Å². The Kier molecular flexibility index (Phi) is 6.99. The van der Waals surface area contributed by atoms with Gasteiger partial charge in [-0.2, -0.15) is 0 Å². The lowest BCUT2D eigenvalue weighted by Crippen LogP contribution is -2.12. The molecule has 0 atom stereocenters. The Hall–Kier alpha value is -3.88. The minimum Gasteiger partial charge on any atom is -0.496 e. The largest absolute Gasteiger partial charge is 0.496 e. The van der Waals surface area contributed by atoms with E-state index in [-0.39, 0.29) is 12.4 Å². The number of nitrogens with zero attached hydrogens (tertiary/aromatic N) is 4. The summed E-state index contributed by atoms with van der Waals surface area (Å²) in [7, 11) is 1.62. The van der Waals surface area contributed by atoms with Crippen LogP contribution in [-0.4, -0.2) is 51.6 Å². The second kappa shape index (κ2) is 10.1. The second-order valence-electron chi connectivity index (χ2n) is 6.16. The standard InChI is InChI=1S/C21H22N4O5/c1-3-29-18-11-8-16(19(13-18)28-2)5-4-12-30-17-9-6-15(7-10-17)14-25-20(21(26)27)22-23-24-25/h4-11,13H,3,12,14H2,1-2H3,(H,26,27)/b5-4+. The number of ether oxygens (including phenoxy) is 3. The fraction of sp³-hybridized carbons (Fsp3) is 0.238. The predicted octanol–water partition coefficient (Wildman–Crippen LogP) is 2.92. The highest BCUT2D eigenvalue weighted by Gasteiger charge is 2.13. The van der Waals surface area contributed by atoms with Crippen LogP contribution < -0.4 is 14.2 Å². The number of carboxylic acid groups (broad SMARTS) is 1. The van der Waals surface area contributed by atoms with Gasteiger partial charge in [0.15, 0.2) is 0 Å². The lowest BCUT2D eigenvalue weighted by atomic mass is 10.2. The maximum Gasteiger partial charge on any atom is 0.375 e. The highest BCUT2D eigenvalue weighted by molar-refractivity contribution is 5.83. The summed E-state index contributed by atoms with van der Waals surface area (Å²) >= 11 is 0.